The fraction of sp³-hybridized carbons (Fsp3) is 0.667. The van der Waals surface area contributed by atoms with Crippen molar-refractivity contribution in [3.8, 4) is 0 Å². The molecular formula is C9H15NO2. The van der Waals surface area contributed by atoms with Crippen LogP contribution in [0.1, 0.15) is 30.9 Å². The van der Waals surface area contributed by atoms with Crippen molar-refractivity contribution in [2.24, 2.45) is 0 Å². The Morgan fingerprint density at radius 1 is 1.42 bits per heavy atom. The van der Waals surface area contributed by atoms with Crippen molar-refractivity contribution >= 4 is 0 Å². The van der Waals surface area contributed by atoms with Crippen LogP contribution in [-0.4, -0.2) is 16.9 Å². The first-order valence-electron chi connectivity index (χ1n) is 4.03. The molecule has 0 atom stereocenters. The Hall–Kier alpha value is -0.830. The first-order valence-corrected chi connectivity index (χ1v) is 4.03. The van der Waals surface area contributed by atoms with E-state index in [1.807, 2.05) is 27.7 Å². The van der Waals surface area contributed by atoms with Gasteiger partial charge in [-0.2, -0.15) is 0 Å². The van der Waals surface area contributed by atoms with Crippen molar-refractivity contribution in [3.63, 3.8) is 0 Å². The van der Waals surface area contributed by atoms with Crippen molar-refractivity contribution in [1.82, 2.24) is 5.16 Å². The highest BCUT2D eigenvalue weighted by molar-refractivity contribution is 5.29. The maximum Gasteiger partial charge on any atom is 0.137 e. The molecule has 1 N–H and O–H groups in total. The molecule has 0 amide bonds. The second kappa shape index (κ2) is 2.90. The molecule has 0 bridgehead atoms. The van der Waals surface area contributed by atoms with Crippen molar-refractivity contribution < 1.29 is 9.63 Å². The summed E-state index contributed by atoms with van der Waals surface area (Å²) < 4.78 is 5.02. The zero-order valence-corrected chi connectivity index (χ0v) is 8.01. The molecule has 1 aromatic rings. The largest absolute Gasteiger partial charge is 0.395 e. The number of hydrogen-bond donors (Lipinski definition) is 1. The maximum atomic E-state index is 9.15. The highest BCUT2D eigenvalue weighted by Gasteiger charge is 2.26. The van der Waals surface area contributed by atoms with Gasteiger partial charge in [-0.3, -0.25) is 0 Å². The lowest BCUT2D eigenvalue weighted by Gasteiger charge is -2.20. The van der Waals surface area contributed by atoms with E-state index in [1.165, 1.54) is 0 Å². The standard InChI is InChI=1S/C9H15NO2/c1-6-8(7(2)12-10-6)9(3,4)5-11/h11H,5H2,1-4H3. The normalized spacial score (nSPS) is 12.1. The van der Waals surface area contributed by atoms with Gasteiger partial charge in [0.1, 0.15) is 5.76 Å². The molecule has 12 heavy (non-hydrogen) atoms. The van der Waals surface area contributed by atoms with Gasteiger partial charge in [-0.25, -0.2) is 0 Å². The molecule has 3 nitrogen and oxygen atoms in total. The number of aryl methyl sites for hydroxylation is 2. The van der Waals surface area contributed by atoms with Gasteiger partial charge in [0, 0.05) is 11.0 Å². The fourth-order valence-electron chi connectivity index (χ4n) is 1.53. The Morgan fingerprint density at radius 3 is 2.33 bits per heavy atom. The zero-order valence-electron chi connectivity index (χ0n) is 8.01. The van der Waals surface area contributed by atoms with E-state index in [2.05, 4.69) is 5.16 Å². The summed E-state index contributed by atoms with van der Waals surface area (Å²) in [5.41, 5.74) is 1.63. The molecule has 0 aliphatic carbocycles. The summed E-state index contributed by atoms with van der Waals surface area (Å²) >= 11 is 0. The van der Waals surface area contributed by atoms with Crippen LogP contribution in [-0.2, 0) is 5.41 Å². The lowest BCUT2D eigenvalue weighted by molar-refractivity contribution is 0.216. The predicted octanol–water partition coefficient (Wildman–Crippen LogP) is 1.56. The van der Waals surface area contributed by atoms with E-state index < -0.39 is 0 Å². The Bertz CT molecular complexity index is 257. The zero-order chi connectivity index (χ0) is 9.35. The van der Waals surface area contributed by atoms with Gasteiger partial charge < -0.3 is 9.63 Å². The van der Waals surface area contributed by atoms with Crippen molar-refractivity contribution in [2.45, 2.75) is 33.1 Å². The van der Waals surface area contributed by atoms with E-state index in [0.717, 1.165) is 17.0 Å². The summed E-state index contributed by atoms with van der Waals surface area (Å²) in [5.74, 6) is 0.798. The van der Waals surface area contributed by atoms with Crippen molar-refractivity contribution in [1.29, 1.82) is 0 Å². The van der Waals surface area contributed by atoms with Gasteiger partial charge in [0.25, 0.3) is 0 Å². The van der Waals surface area contributed by atoms with Crippen LogP contribution in [0, 0.1) is 13.8 Å². The second-order valence-electron chi connectivity index (χ2n) is 3.74. The molecule has 68 valence electrons. The van der Waals surface area contributed by atoms with Gasteiger partial charge in [0.2, 0.25) is 0 Å². The van der Waals surface area contributed by atoms with E-state index in [1.54, 1.807) is 0 Å². The minimum atomic E-state index is -0.256. The van der Waals surface area contributed by atoms with Crippen LogP contribution in [0.3, 0.4) is 0 Å². The third kappa shape index (κ3) is 1.37. The average Bonchev–Trinajstić information content (AvgIpc) is 2.31. The summed E-state index contributed by atoms with van der Waals surface area (Å²) in [6.07, 6.45) is 0. The molecule has 1 aromatic heterocycles. The number of aliphatic hydroxyl groups excluding tert-OH is 1. The van der Waals surface area contributed by atoms with Crippen LogP contribution in [0.25, 0.3) is 0 Å². The van der Waals surface area contributed by atoms with Crippen LogP contribution in [0.4, 0.5) is 0 Å². The maximum absolute atomic E-state index is 9.15. The summed E-state index contributed by atoms with van der Waals surface area (Å²) in [5, 5.41) is 13.0. The molecule has 0 aliphatic heterocycles. The lowest BCUT2D eigenvalue weighted by Crippen LogP contribution is -2.23. The fourth-order valence-corrected chi connectivity index (χ4v) is 1.53. The monoisotopic (exact) mass is 169 g/mol. The minimum absolute atomic E-state index is 0.107. The topological polar surface area (TPSA) is 46.3 Å². The Kier molecular flexibility index (Phi) is 2.24. The van der Waals surface area contributed by atoms with Gasteiger partial charge in [0.05, 0.1) is 12.3 Å². The molecule has 3 heteroatoms. The summed E-state index contributed by atoms with van der Waals surface area (Å²) in [7, 11) is 0. The van der Waals surface area contributed by atoms with Gasteiger partial charge >= 0.3 is 0 Å². The van der Waals surface area contributed by atoms with E-state index in [-0.39, 0.29) is 12.0 Å². The molecule has 0 radical (unpaired) electrons. The number of aromatic nitrogens is 1. The molecule has 0 saturated carbocycles. The molecule has 0 spiro atoms. The quantitative estimate of drug-likeness (QED) is 0.730. The molecule has 1 rings (SSSR count). The molecule has 0 unspecified atom stereocenters. The van der Waals surface area contributed by atoms with E-state index >= 15 is 0 Å². The Balaban J connectivity index is 3.17. The number of rotatable bonds is 2. The van der Waals surface area contributed by atoms with Crippen molar-refractivity contribution in [2.75, 3.05) is 6.61 Å². The highest BCUT2D eigenvalue weighted by Crippen LogP contribution is 2.28. The number of aliphatic hydroxyl groups is 1. The van der Waals surface area contributed by atoms with Gasteiger partial charge in [-0.1, -0.05) is 19.0 Å². The third-order valence-corrected chi connectivity index (χ3v) is 2.11. The Labute approximate surface area is 72.4 Å². The van der Waals surface area contributed by atoms with Gasteiger partial charge in [-0.05, 0) is 13.8 Å². The molecule has 0 saturated heterocycles. The number of hydrogen-bond acceptors (Lipinski definition) is 3. The van der Waals surface area contributed by atoms with Gasteiger partial charge in [-0.15, -0.1) is 0 Å². The van der Waals surface area contributed by atoms with Crippen LogP contribution < -0.4 is 0 Å². The first-order chi connectivity index (χ1) is 5.49. The predicted molar refractivity (Wildman–Crippen MR) is 46.1 cm³/mol. The molecule has 0 fully saturated rings. The molecule has 0 aromatic carbocycles. The van der Waals surface area contributed by atoms with E-state index in [4.69, 9.17) is 9.63 Å². The second-order valence-corrected chi connectivity index (χ2v) is 3.74. The van der Waals surface area contributed by atoms with Crippen LogP contribution in [0.2, 0.25) is 0 Å². The van der Waals surface area contributed by atoms with E-state index in [9.17, 15) is 0 Å². The van der Waals surface area contributed by atoms with Crippen LogP contribution in [0.5, 0.6) is 0 Å². The SMILES string of the molecule is Cc1noc(C)c1C(C)(C)CO. The number of nitrogens with zero attached hydrogens (tertiary/aromatic N) is 1. The van der Waals surface area contributed by atoms with Crippen LogP contribution >= 0.6 is 0 Å². The summed E-state index contributed by atoms with van der Waals surface area (Å²) in [6, 6.07) is 0. The molecule has 0 aliphatic rings. The molecular weight excluding hydrogens is 154 g/mol. The molecule has 1 heterocycles. The Morgan fingerprint density at radius 2 is 2.00 bits per heavy atom. The van der Waals surface area contributed by atoms with Gasteiger partial charge in [0.15, 0.2) is 0 Å². The summed E-state index contributed by atoms with van der Waals surface area (Å²) in [6.45, 7) is 7.81. The van der Waals surface area contributed by atoms with E-state index in [0.29, 0.717) is 0 Å². The van der Waals surface area contributed by atoms with Crippen molar-refractivity contribution in [3.05, 3.63) is 17.0 Å². The highest BCUT2D eigenvalue weighted by atomic mass is 16.5. The van der Waals surface area contributed by atoms with Crippen LogP contribution in [0.15, 0.2) is 4.52 Å². The summed E-state index contributed by atoms with van der Waals surface area (Å²) in [4.78, 5) is 0. The minimum Gasteiger partial charge on any atom is -0.395 e. The smallest absolute Gasteiger partial charge is 0.137 e. The first kappa shape index (κ1) is 9.26. The average molecular weight is 169 g/mol. The third-order valence-electron chi connectivity index (χ3n) is 2.11. The lowest BCUT2D eigenvalue weighted by atomic mass is 9.84.